The monoisotopic (exact) mass is 232 g/mol. The van der Waals surface area contributed by atoms with E-state index in [2.05, 4.69) is 24.4 Å². The van der Waals surface area contributed by atoms with Crippen LogP contribution in [0.1, 0.15) is 24.8 Å². The molecule has 1 aliphatic rings. The van der Waals surface area contributed by atoms with Gasteiger partial charge in [0.15, 0.2) is 0 Å². The molecule has 0 radical (unpaired) electrons. The number of carbonyl (C=O) groups excluding carboxylic acids is 1. The van der Waals surface area contributed by atoms with Gasteiger partial charge in [-0.2, -0.15) is 0 Å². The maximum atomic E-state index is 12.1. The smallest absolute Gasteiger partial charge is 0.223 e. The Kier molecular flexibility index (Phi) is 4.15. The van der Waals surface area contributed by atoms with E-state index in [0.29, 0.717) is 12.3 Å². The summed E-state index contributed by atoms with van der Waals surface area (Å²) in [4.78, 5) is 14.0. The molecule has 1 saturated heterocycles. The van der Waals surface area contributed by atoms with Crippen LogP contribution in [0.15, 0.2) is 30.3 Å². The lowest BCUT2D eigenvalue weighted by Gasteiger charge is -2.28. The van der Waals surface area contributed by atoms with Gasteiger partial charge in [0.2, 0.25) is 5.91 Å². The lowest BCUT2D eigenvalue weighted by Crippen LogP contribution is -2.46. The zero-order valence-electron chi connectivity index (χ0n) is 10.4. The van der Waals surface area contributed by atoms with E-state index in [1.54, 1.807) is 0 Å². The number of benzene rings is 1. The Morgan fingerprint density at radius 1 is 1.29 bits per heavy atom. The number of hydrogen-bond acceptors (Lipinski definition) is 2. The van der Waals surface area contributed by atoms with Crippen molar-refractivity contribution in [1.82, 2.24) is 10.2 Å². The fraction of sp³-hybridized carbons (Fsp3) is 0.500. The summed E-state index contributed by atoms with van der Waals surface area (Å²) in [7, 11) is 0. The molecule has 3 heteroatoms. The van der Waals surface area contributed by atoms with Crippen molar-refractivity contribution in [3.8, 4) is 0 Å². The molecule has 1 amide bonds. The highest BCUT2D eigenvalue weighted by Crippen LogP contribution is 2.19. The highest BCUT2D eigenvalue weighted by Gasteiger charge is 2.18. The van der Waals surface area contributed by atoms with Gasteiger partial charge >= 0.3 is 0 Å². The van der Waals surface area contributed by atoms with E-state index in [0.717, 1.165) is 26.2 Å². The number of nitrogens with one attached hydrogen (secondary N) is 1. The van der Waals surface area contributed by atoms with E-state index in [9.17, 15) is 4.79 Å². The van der Waals surface area contributed by atoms with Gasteiger partial charge < -0.3 is 10.2 Å². The van der Waals surface area contributed by atoms with Crippen LogP contribution >= 0.6 is 0 Å². The molecule has 2 rings (SSSR count). The van der Waals surface area contributed by atoms with Gasteiger partial charge in [-0.05, 0) is 11.5 Å². The zero-order chi connectivity index (χ0) is 12.1. The molecule has 0 unspecified atom stereocenters. The number of nitrogens with zero attached hydrogens (tertiary/aromatic N) is 1. The van der Waals surface area contributed by atoms with Crippen molar-refractivity contribution in [2.75, 3.05) is 26.2 Å². The van der Waals surface area contributed by atoms with Crippen molar-refractivity contribution >= 4 is 5.91 Å². The fourth-order valence-corrected chi connectivity index (χ4v) is 2.20. The summed E-state index contributed by atoms with van der Waals surface area (Å²) in [6.07, 6.45) is 0.615. The molecule has 0 bridgehead atoms. The molecule has 1 N–H and O–H groups in total. The summed E-state index contributed by atoms with van der Waals surface area (Å²) < 4.78 is 0. The normalized spacial score (nSPS) is 17.8. The molecule has 3 nitrogen and oxygen atoms in total. The Hall–Kier alpha value is -1.35. The Morgan fingerprint density at radius 3 is 2.59 bits per heavy atom. The number of piperazine rings is 1. The lowest BCUT2D eigenvalue weighted by atomic mass is 9.97. The molecular formula is C14H20N2O. The summed E-state index contributed by atoms with van der Waals surface area (Å²) in [5, 5.41) is 3.26. The standard InChI is InChI=1S/C14H20N2O/c1-12(13-5-3-2-4-6-13)11-14(17)16-9-7-15-8-10-16/h2-6,12,15H,7-11H2,1H3/t12-/m1/s1. The molecule has 0 aliphatic carbocycles. The topological polar surface area (TPSA) is 32.3 Å². The summed E-state index contributed by atoms with van der Waals surface area (Å²) in [6, 6.07) is 10.3. The highest BCUT2D eigenvalue weighted by molar-refractivity contribution is 5.77. The number of hydrogen-bond donors (Lipinski definition) is 1. The van der Waals surface area contributed by atoms with Crippen molar-refractivity contribution in [3.63, 3.8) is 0 Å². The van der Waals surface area contributed by atoms with Gasteiger partial charge in [0.25, 0.3) is 0 Å². The van der Waals surface area contributed by atoms with E-state index >= 15 is 0 Å². The van der Waals surface area contributed by atoms with E-state index in [-0.39, 0.29) is 5.91 Å². The first-order valence-electron chi connectivity index (χ1n) is 6.31. The molecule has 0 spiro atoms. The van der Waals surface area contributed by atoms with E-state index in [1.807, 2.05) is 23.1 Å². The Balaban J connectivity index is 1.89. The second-order valence-corrected chi connectivity index (χ2v) is 4.65. The number of carbonyl (C=O) groups is 1. The average molecular weight is 232 g/mol. The quantitative estimate of drug-likeness (QED) is 0.858. The van der Waals surface area contributed by atoms with Crippen molar-refractivity contribution in [2.45, 2.75) is 19.3 Å². The van der Waals surface area contributed by atoms with Crippen LogP contribution in [0.25, 0.3) is 0 Å². The first-order valence-corrected chi connectivity index (χ1v) is 6.31. The summed E-state index contributed by atoms with van der Waals surface area (Å²) in [5.41, 5.74) is 1.25. The van der Waals surface area contributed by atoms with Crippen LogP contribution in [-0.2, 0) is 4.79 Å². The maximum Gasteiger partial charge on any atom is 0.223 e. The van der Waals surface area contributed by atoms with Crippen LogP contribution in [0.4, 0.5) is 0 Å². The van der Waals surface area contributed by atoms with Crippen LogP contribution < -0.4 is 5.32 Å². The Bertz CT molecular complexity index is 358. The molecule has 0 saturated carbocycles. The van der Waals surface area contributed by atoms with Crippen molar-refractivity contribution < 1.29 is 4.79 Å². The third-order valence-corrected chi connectivity index (χ3v) is 3.32. The third kappa shape index (κ3) is 3.30. The van der Waals surface area contributed by atoms with Gasteiger partial charge in [0.1, 0.15) is 0 Å². The van der Waals surface area contributed by atoms with E-state index in [1.165, 1.54) is 5.56 Å². The van der Waals surface area contributed by atoms with Crippen LogP contribution in [0, 0.1) is 0 Å². The van der Waals surface area contributed by atoms with Gasteiger partial charge in [-0.3, -0.25) is 4.79 Å². The zero-order valence-corrected chi connectivity index (χ0v) is 10.4. The molecule has 1 heterocycles. The molecule has 1 atom stereocenters. The molecule has 92 valence electrons. The second kappa shape index (κ2) is 5.82. The minimum atomic E-state index is 0.280. The minimum Gasteiger partial charge on any atom is -0.340 e. The third-order valence-electron chi connectivity index (χ3n) is 3.32. The SMILES string of the molecule is C[C@H](CC(=O)N1CCNCC1)c1ccccc1. The van der Waals surface area contributed by atoms with Crippen molar-refractivity contribution in [1.29, 1.82) is 0 Å². The van der Waals surface area contributed by atoms with Gasteiger partial charge in [-0.1, -0.05) is 37.3 Å². The molecular weight excluding hydrogens is 212 g/mol. The summed E-state index contributed by atoms with van der Waals surface area (Å²) in [5.74, 6) is 0.585. The summed E-state index contributed by atoms with van der Waals surface area (Å²) >= 11 is 0. The van der Waals surface area contributed by atoms with Crippen molar-refractivity contribution in [3.05, 3.63) is 35.9 Å². The Morgan fingerprint density at radius 2 is 1.94 bits per heavy atom. The highest BCUT2D eigenvalue weighted by atomic mass is 16.2. The molecule has 1 aromatic rings. The van der Waals surface area contributed by atoms with Gasteiger partial charge in [0.05, 0.1) is 0 Å². The largest absolute Gasteiger partial charge is 0.340 e. The first-order chi connectivity index (χ1) is 8.27. The van der Waals surface area contributed by atoms with Gasteiger partial charge in [0, 0.05) is 32.6 Å². The van der Waals surface area contributed by atoms with Crippen LogP contribution in [-0.4, -0.2) is 37.0 Å². The van der Waals surface area contributed by atoms with Gasteiger partial charge in [-0.25, -0.2) is 0 Å². The Labute approximate surface area is 103 Å². The van der Waals surface area contributed by atoms with Crippen LogP contribution in [0.3, 0.4) is 0 Å². The van der Waals surface area contributed by atoms with E-state index < -0.39 is 0 Å². The molecule has 17 heavy (non-hydrogen) atoms. The van der Waals surface area contributed by atoms with E-state index in [4.69, 9.17) is 0 Å². The maximum absolute atomic E-state index is 12.1. The molecule has 1 fully saturated rings. The lowest BCUT2D eigenvalue weighted by molar-refractivity contribution is -0.132. The molecule has 1 aliphatic heterocycles. The van der Waals surface area contributed by atoms with Crippen LogP contribution in [0.2, 0.25) is 0 Å². The molecule has 1 aromatic carbocycles. The first kappa shape index (κ1) is 12.1. The predicted octanol–water partition coefficient (Wildman–Crippen LogP) is 1.61. The van der Waals surface area contributed by atoms with Crippen LogP contribution in [0.5, 0.6) is 0 Å². The van der Waals surface area contributed by atoms with Gasteiger partial charge in [-0.15, -0.1) is 0 Å². The van der Waals surface area contributed by atoms with Crippen molar-refractivity contribution in [2.24, 2.45) is 0 Å². The molecule has 0 aromatic heterocycles. The number of rotatable bonds is 3. The predicted molar refractivity (Wildman–Crippen MR) is 68.9 cm³/mol. The average Bonchev–Trinajstić information content (AvgIpc) is 2.40. The minimum absolute atomic E-state index is 0.280. The fourth-order valence-electron chi connectivity index (χ4n) is 2.20. The second-order valence-electron chi connectivity index (χ2n) is 4.65. The number of amides is 1. The summed E-state index contributed by atoms with van der Waals surface area (Å²) in [6.45, 7) is 5.66.